The van der Waals surface area contributed by atoms with Gasteiger partial charge in [-0.1, -0.05) is 12.1 Å². The second-order valence-electron chi connectivity index (χ2n) is 4.88. The fourth-order valence-electron chi connectivity index (χ4n) is 2.34. The fourth-order valence-corrected chi connectivity index (χ4v) is 2.34. The Morgan fingerprint density at radius 2 is 2.00 bits per heavy atom. The smallest absolute Gasteiger partial charge is 0.231 e. The normalized spacial score (nSPS) is 11.3. The number of nitrogens with zero attached hydrogens (tertiary/aromatic N) is 5. The second-order valence-corrected chi connectivity index (χ2v) is 4.88. The largest absolute Gasteiger partial charge is 0.321 e. The molecule has 3 heterocycles. The Balaban J connectivity index is 2.00. The van der Waals surface area contributed by atoms with Crippen LogP contribution in [0.1, 0.15) is 11.5 Å². The molecule has 7 nitrogen and oxygen atoms in total. The summed E-state index contributed by atoms with van der Waals surface area (Å²) in [7, 11) is 0. The summed E-state index contributed by atoms with van der Waals surface area (Å²) in [4.78, 5) is 9.14. The van der Waals surface area contributed by atoms with E-state index in [1.165, 1.54) is 0 Å². The summed E-state index contributed by atoms with van der Waals surface area (Å²) in [6.07, 6.45) is 1.72. The summed E-state index contributed by atoms with van der Waals surface area (Å²) in [5.41, 5.74) is 3.48. The fraction of sp³-hybridized carbons (Fsp3) is 0.143. The summed E-state index contributed by atoms with van der Waals surface area (Å²) < 4.78 is 1.73. The number of aryl methyl sites for hydroxylation is 2. The van der Waals surface area contributed by atoms with Crippen LogP contribution in [-0.2, 0) is 0 Å². The van der Waals surface area contributed by atoms with Gasteiger partial charge in [0.05, 0.1) is 23.1 Å². The van der Waals surface area contributed by atoms with Crippen molar-refractivity contribution >= 4 is 28.2 Å². The molecule has 0 fully saturated rings. The van der Waals surface area contributed by atoms with E-state index in [1.54, 1.807) is 10.7 Å². The molecule has 0 bridgehead atoms. The lowest BCUT2D eigenvalue weighted by Crippen LogP contribution is -2.04. The summed E-state index contributed by atoms with van der Waals surface area (Å²) in [5.74, 6) is 1.33. The van der Waals surface area contributed by atoms with E-state index in [9.17, 15) is 0 Å². The van der Waals surface area contributed by atoms with Gasteiger partial charge in [0.15, 0.2) is 5.65 Å². The lowest BCUT2D eigenvalue weighted by Gasteiger charge is -2.08. The highest BCUT2D eigenvalue weighted by molar-refractivity contribution is 5.92. The molecule has 3 aromatic heterocycles. The Labute approximate surface area is 120 Å². The molecule has 0 aliphatic carbocycles. The molecule has 0 spiro atoms. The van der Waals surface area contributed by atoms with Crippen LogP contribution in [0.4, 0.5) is 11.6 Å². The van der Waals surface area contributed by atoms with E-state index < -0.39 is 0 Å². The number of aromatic nitrogens is 6. The molecule has 7 heteroatoms. The van der Waals surface area contributed by atoms with Gasteiger partial charge in [-0.2, -0.15) is 9.61 Å². The Kier molecular flexibility index (Phi) is 2.41. The number of fused-ring (bicyclic) bond motifs is 3. The van der Waals surface area contributed by atoms with Crippen molar-refractivity contribution in [3.05, 3.63) is 42.0 Å². The summed E-state index contributed by atoms with van der Waals surface area (Å²) in [6.45, 7) is 3.81. The lowest BCUT2D eigenvalue weighted by atomic mass is 10.2. The first kappa shape index (κ1) is 11.8. The van der Waals surface area contributed by atoms with Gasteiger partial charge in [-0.05, 0) is 26.0 Å². The van der Waals surface area contributed by atoms with Crippen molar-refractivity contribution in [1.29, 1.82) is 0 Å². The van der Waals surface area contributed by atoms with Crippen LogP contribution in [0.15, 0.2) is 30.5 Å². The average molecular weight is 279 g/mol. The highest BCUT2D eigenvalue weighted by Gasteiger charge is 2.12. The van der Waals surface area contributed by atoms with Gasteiger partial charge in [0.25, 0.3) is 0 Å². The molecule has 0 aliphatic rings. The topological polar surface area (TPSA) is 83.8 Å². The maximum absolute atomic E-state index is 4.64. The molecular weight excluding hydrogens is 266 g/mol. The number of aromatic amines is 1. The average Bonchev–Trinajstić information content (AvgIpc) is 3.05. The molecule has 0 saturated heterocycles. The number of hydrogen-bond acceptors (Lipinski definition) is 5. The maximum atomic E-state index is 4.64. The molecule has 0 atom stereocenters. The van der Waals surface area contributed by atoms with Crippen molar-refractivity contribution in [2.45, 2.75) is 13.8 Å². The Morgan fingerprint density at radius 1 is 1.14 bits per heavy atom. The van der Waals surface area contributed by atoms with E-state index >= 15 is 0 Å². The zero-order valence-electron chi connectivity index (χ0n) is 11.6. The van der Waals surface area contributed by atoms with Crippen molar-refractivity contribution < 1.29 is 0 Å². The predicted octanol–water partition coefficient (Wildman–Crippen LogP) is 2.36. The highest BCUT2D eigenvalue weighted by atomic mass is 15.4. The van der Waals surface area contributed by atoms with Crippen LogP contribution in [-0.4, -0.2) is 29.8 Å². The van der Waals surface area contributed by atoms with Crippen molar-refractivity contribution in [3.63, 3.8) is 0 Å². The number of H-pyrrole nitrogens is 1. The third-order valence-corrected chi connectivity index (χ3v) is 3.36. The minimum absolute atomic E-state index is 0.619. The molecule has 4 rings (SSSR count). The first-order valence-electron chi connectivity index (χ1n) is 6.61. The van der Waals surface area contributed by atoms with Crippen molar-refractivity contribution in [3.8, 4) is 0 Å². The number of benzene rings is 1. The Hall–Kier alpha value is -2.96. The molecule has 0 unspecified atom stereocenters. The predicted molar refractivity (Wildman–Crippen MR) is 79.6 cm³/mol. The highest BCUT2D eigenvalue weighted by Crippen LogP contribution is 2.23. The first-order chi connectivity index (χ1) is 10.2. The van der Waals surface area contributed by atoms with E-state index in [0.717, 1.165) is 27.9 Å². The van der Waals surface area contributed by atoms with Crippen LogP contribution in [0.25, 0.3) is 16.6 Å². The van der Waals surface area contributed by atoms with Gasteiger partial charge in [-0.15, -0.1) is 5.10 Å². The van der Waals surface area contributed by atoms with E-state index in [-0.39, 0.29) is 0 Å². The second kappa shape index (κ2) is 4.27. The van der Waals surface area contributed by atoms with E-state index in [4.69, 9.17) is 0 Å². The molecule has 0 aliphatic heterocycles. The van der Waals surface area contributed by atoms with E-state index in [2.05, 4.69) is 30.6 Å². The number of rotatable bonds is 2. The van der Waals surface area contributed by atoms with Crippen LogP contribution in [0.5, 0.6) is 0 Å². The van der Waals surface area contributed by atoms with E-state index in [0.29, 0.717) is 11.8 Å². The SMILES string of the molecule is Cc1nc2c3ccccc3nc(Nc3cn[nH]c3C)n2n1. The molecule has 21 heavy (non-hydrogen) atoms. The van der Waals surface area contributed by atoms with Crippen molar-refractivity contribution in [1.82, 2.24) is 29.8 Å². The molecule has 0 amide bonds. The monoisotopic (exact) mass is 279 g/mol. The van der Waals surface area contributed by atoms with Crippen LogP contribution in [0, 0.1) is 13.8 Å². The third kappa shape index (κ3) is 1.82. The van der Waals surface area contributed by atoms with Gasteiger partial charge in [0.2, 0.25) is 5.95 Å². The summed E-state index contributed by atoms with van der Waals surface area (Å²) in [6, 6.07) is 7.90. The maximum Gasteiger partial charge on any atom is 0.231 e. The molecule has 0 saturated carbocycles. The summed E-state index contributed by atoms with van der Waals surface area (Å²) >= 11 is 0. The zero-order valence-corrected chi connectivity index (χ0v) is 11.6. The van der Waals surface area contributed by atoms with Gasteiger partial charge in [0, 0.05) is 5.39 Å². The van der Waals surface area contributed by atoms with Crippen LogP contribution in [0.2, 0.25) is 0 Å². The lowest BCUT2D eigenvalue weighted by molar-refractivity contribution is 0.918. The summed E-state index contributed by atoms with van der Waals surface area (Å²) in [5, 5.41) is 15.6. The molecule has 2 N–H and O–H groups in total. The number of nitrogens with one attached hydrogen (secondary N) is 2. The zero-order chi connectivity index (χ0) is 14.4. The minimum Gasteiger partial charge on any atom is -0.321 e. The van der Waals surface area contributed by atoms with Gasteiger partial charge in [-0.25, -0.2) is 9.97 Å². The van der Waals surface area contributed by atoms with Crippen LogP contribution >= 0.6 is 0 Å². The molecule has 1 aromatic carbocycles. The molecule has 0 radical (unpaired) electrons. The van der Waals surface area contributed by atoms with E-state index in [1.807, 2.05) is 38.1 Å². The van der Waals surface area contributed by atoms with Gasteiger partial charge >= 0.3 is 0 Å². The molecule has 104 valence electrons. The third-order valence-electron chi connectivity index (χ3n) is 3.36. The van der Waals surface area contributed by atoms with Crippen molar-refractivity contribution in [2.75, 3.05) is 5.32 Å². The van der Waals surface area contributed by atoms with Crippen LogP contribution in [0.3, 0.4) is 0 Å². The standard InChI is InChI=1S/C14H13N7/c1-8-12(7-15-19-8)18-14-17-11-6-4-3-5-10(11)13-16-9(2)20-21(13)14/h3-7H,1-2H3,(H,15,19)(H,17,18). The minimum atomic E-state index is 0.619. The van der Waals surface area contributed by atoms with Crippen LogP contribution < -0.4 is 5.32 Å². The van der Waals surface area contributed by atoms with Crippen molar-refractivity contribution in [2.24, 2.45) is 0 Å². The Morgan fingerprint density at radius 3 is 2.81 bits per heavy atom. The van der Waals surface area contributed by atoms with Gasteiger partial charge in [0.1, 0.15) is 5.82 Å². The number of anilines is 2. The number of hydrogen-bond donors (Lipinski definition) is 2. The first-order valence-corrected chi connectivity index (χ1v) is 6.61. The number of para-hydroxylation sites is 1. The molecular formula is C14H13N7. The van der Waals surface area contributed by atoms with Gasteiger partial charge < -0.3 is 5.32 Å². The molecule has 4 aromatic rings. The van der Waals surface area contributed by atoms with Gasteiger partial charge in [-0.3, -0.25) is 5.10 Å². The quantitative estimate of drug-likeness (QED) is 0.588. The Bertz CT molecular complexity index is 950.